The molecule has 1 aromatic heterocycles. The summed E-state index contributed by atoms with van der Waals surface area (Å²) in [6.07, 6.45) is 2.93. The number of benzene rings is 2. The Kier molecular flexibility index (Phi) is 6.00. The highest BCUT2D eigenvalue weighted by molar-refractivity contribution is 6.04. The molecule has 0 aliphatic rings. The summed E-state index contributed by atoms with van der Waals surface area (Å²) >= 11 is 0. The van der Waals surface area contributed by atoms with E-state index in [0.717, 1.165) is 5.56 Å². The molecule has 1 N–H and O–H groups in total. The van der Waals surface area contributed by atoms with Gasteiger partial charge < -0.3 is 10.1 Å². The molecule has 0 saturated carbocycles. The Morgan fingerprint density at radius 2 is 1.83 bits per heavy atom. The van der Waals surface area contributed by atoms with Crippen molar-refractivity contribution in [3.63, 3.8) is 0 Å². The first kappa shape index (κ1) is 19.8. The molecule has 0 unspecified atom stereocenters. The lowest BCUT2D eigenvalue weighted by molar-refractivity contribution is 0.0600. The van der Waals surface area contributed by atoms with E-state index in [0.29, 0.717) is 22.4 Å². The predicted octanol–water partition coefficient (Wildman–Crippen LogP) is 3.97. The van der Waals surface area contributed by atoms with Gasteiger partial charge in [-0.2, -0.15) is 0 Å². The standard InChI is InChI=1S/C23H17FN2O3/c1-15-6-9-21(24)20(10-15)22(27)26-19-5-3-4-16(12-19)7-8-17-11-18(14-25-13-17)23(28)29-2/h3-6,9-14H,1-2H3,(H,26,27). The number of hydrogen-bond acceptors (Lipinski definition) is 4. The number of nitrogens with one attached hydrogen (secondary N) is 1. The molecule has 144 valence electrons. The monoisotopic (exact) mass is 388 g/mol. The van der Waals surface area contributed by atoms with Crippen molar-refractivity contribution in [1.82, 2.24) is 4.98 Å². The molecule has 5 nitrogen and oxygen atoms in total. The molecule has 6 heteroatoms. The maximum absolute atomic E-state index is 13.9. The molecule has 0 aliphatic heterocycles. The number of rotatable bonds is 3. The van der Waals surface area contributed by atoms with E-state index < -0.39 is 17.7 Å². The number of ether oxygens (including phenoxy) is 1. The van der Waals surface area contributed by atoms with Gasteiger partial charge in [-0.15, -0.1) is 0 Å². The Morgan fingerprint density at radius 3 is 2.62 bits per heavy atom. The number of methoxy groups -OCH3 is 1. The molecule has 1 heterocycles. The maximum Gasteiger partial charge on any atom is 0.339 e. The Balaban J connectivity index is 1.79. The molecule has 0 saturated heterocycles. The second kappa shape index (κ2) is 8.81. The summed E-state index contributed by atoms with van der Waals surface area (Å²) in [6, 6.07) is 12.8. The summed E-state index contributed by atoms with van der Waals surface area (Å²) in [4.78, 5) is 27.9. The first-order chi connectivity index (χ1) is 14.0. The Hall–Kier alpha value is -3.98. The summed E-state index contributed by atoms with van der Waals surface area (Å²) < 4.78 is 18.6. The summed E-state index contributed by atoms with van der Waals surface area (Å²) in [5, 5.41) is 2.68. The Bertz CT molecular complexity index is 1150. The lowest BCUT2D eigenvalue weighted by Crippen LogP contribution is -2.14. The summed E-state index contributed by atoms with van der Waals surface area (Å²) in [5.74, 6) is 4.26. The molecule has 0 radical (unpaired) electrons. The van der Waals surface area contributed by atoms with Gasteiger partial charge in [-0.05, 0) is 43.3 Å². The minimum Gasteiger partial charge on any atom is -0.465 e. The molecule has 0 fully saturated rings. The fourth-order valence-electron chi connectivity index (χ4n) is 2.57. The number of amides is 1. The van der Waals surface area contributed by atoms with Gasteiger partial charge in [0, 0.05) is 29.2 Å². The second-order valence-corrected chi connectivity index (χ2v) is 6.22. The van der Waals surface area contributed by atoms with Crippen LogP contribution < -0.4 is 5.32 Å². The number of halogens is 1. The SMILES string of the molecule is COC(=O)c1cncc(C#Cc2cccc(NC(=O)c3cc(C)ccc3F)c2)c1. The number of aromatic nitrogens is 1. The van der Waals surface area contributed by atoms with Gasteiger partial charge in [0.25, 0.3) is 5.91 Å². The Morgan fingerprint density at radius 1 is 1.03 bits per heavy atom. The van der Waals surface area contributed by atoms with E-state index in [9.17, 15) is 14.0 Å². The molecule has 2 aromatic carbocycles. The summed E-state index contributed by atoms with van der Waals surface area (Å²) in [7, 11) is 1.29. The highest BCUT2D eigenvalue weighted by Gasteiger charge is 2.12. The summed E-state index contributed by atoms with van der Waals surface area (Å²) in [5.41, 5.74) is 2.75. The molecular formula is C23H17FN2O3. The van der Waals surface area contributed by atoms with Gasteiger partial charge in [0.05, 0.1) is 18.2 Å². The molecule has 1 amide bonds. The van der Waals surface area contributed by atoms with Crippen LogP contribution in [0.5, 0.6) is 0 Å². The van der Waals surface area contributed by atoms with Crippen molar-refractivity contribution in [2.24, 2.45) is 0 Å². The zero-order chi connectivity index (χ0) is 20.8. The fourth-order valence-corrected chi connectivity index (χ4v) is 2.57. The van der Waals surface area contributed by atoms with Gasteiger partial charge in [0.2, 0.25) is 0 Å². The van der Waals surface area contributed by atoms with E-state index in [1.54, 1.807) is 43.3 Å². The quantitative estimate of drug-likeness (QED) is 0.545. The summed E-state index contributed by atoms with van der Waals surface area (Å²) in [6.45, 7) is 1.79. The number of aryl methyl sites for hydroxylation is 1. The number of nitrogens with zero attached hydrogens (tertiary/aromatic N) is 1. The lowest BCUT2D eigenvalue weighted by Gasteiger charge is -2.07. The van der Waals surface area contributed by atoms with Gasteiger partial charge in [-0.1, -0.05) is 29.5 Å². The minimum atomic E-state index is -0.581. The second-order valence-electron chi connectivity index (χ2n) is 6.22. The van der Waals surface area contributed by atoms with Crippen LogP contribution in [0.4, 0.5) is 10.1 Å². The van der Waals surface area contributed by atoms with Crippen LogP contribution in [-0.4, -0.2) is 24.0 Å². The van der Waals surface area contributed by atoms with Crippen molar-refractivity contribution in [3.05, 3.63) is 94.6 Å². The number of anilines is 1. The number of esters is 1. The van der Waals surface area contributed by atoms with E-state index in [1.807, 2.05) is 0 Å². The van der Waals surface area contributed by atoms with Gasteiger partial charge in [0.15, 0.2) is 0 Å². The number of carbonyl (C=O) groups excluding carboxylic acids is 2. The molecule has 29 heavy (non-hydrogen) atoms. The van der Waals surface area contributed by atoms with Crippen LogP contribution in [0.1, 0.15) is 37.4 Å². The highest BCUT2D eigenvalue weighted by atomic mass is 19.1. The smallest absolute Gasteiger partial charge is 0.339 e. The largest absolute Gasteiger partial charge is 0.465 e. The van der Waals surface area contributed by atoms with Crippen LogP contribution in [0.2, 0.25) is 0 Å². The van der Waals surface area contributed by atoms with Crippen molar-refractivity contribution >= 4 is 17.6 Å². The van der Waals surface area contributed by atoms with Crippen molar-refractivity contribution in [3.8, 4) is 11.8 Å². The number of pyridine rings is 1. The third kappa shape index (κ3) is 5.05. The van der Waals surface area contributed by atoms with Crippen LogP contribution in [0, 0.1) is 24.6 Å². The van der Waals surface area contributed by atoms with Gasteiger partial charge in [0.1, 0.15) is 5.82 Å². The molecule has 3 rings (SSSR count). The van der Waals surface area contributed by atoms with Crippen LogP contribution in [0.3, 0.4) is 0 Å². The van der Waals surface area contributed by atoms with Gasteiger partial charge in [-0.3, -0.25) is 9.78 Å². The van der Waals surface area contributed by atoms with Crippen molar-refractivity contribution < 1.29 is 18.7 Å². The zero-order valence-electron chi connectivity index (χ0n) is 15.8. The Labute approximate surface area is 167 Å². The van der Waals surface area contributed by atoms with Crippen LogP contribution >= 0.6 is 0 Å². The average Bonchev–Trinajstić information content (AvgIpc) is 2.73. The minimum absolute atomic E-state index is 0.0211. The van der Waals surface area contributed by atoms with E-state index in [4.69, 9.17) is 0 Å². The van der Waals surface area contributed by atoms with Crippen molar-refractivity contribution in [2.45, 2.75) is 6.92 Å². The third-order valence-corrected chi connectivity index (χ3v) is 4.00. The van der Waals surface area contributed by atoms with E-state index in [1.165, 1.54) is 31.6 Å². The maximum atomic E-state index is 13.9. The van der Waals surface area contributed by atoms with E-state index >= 15 is 0 Å². The first-order valence-electron chi connectivity index (χ1n) is 8.69. The highest BCUT2D eigenvalue weighted by Crippen LogP contribution is 2.15. The molecule has 0 atom stereocenters. The zero-order valence-corrected chi connectivity index (χ0v) is 15.8. The average molecular weight is 388 g/mol. The van der Waals surface area contributed by atoms with Crippen molar-refractivity contribution in [1.29, 1.82) is 0 Å². The van der Waals surface area contributed by atoms with Gasteiger partial charge in [-0.25, -0.2) is 9.18 Å². The van der Waals surface area contributed by atoms with Crippen LogP contribution in [0.15, 0.2) is 60.9 Å². The lowest BCUT2D eigenvalue weighted by atomic mass is 10.1. The van der Waals surface area contributed by atoms with E-state index in [2.05, 4.69) is 26.9 Å². The topological polar surface area (TPSA) is 68.3 Å². The molecule has 3 aromatic rings. The van der Waals surface area contributed by atoms with Crippen LogP contribution in [0.25, 0.3) is 0 Å². The van der Waals surface area contributed by atoms with Crippen molar-refractivity contribution in [2.75, 3.05) is 12.4 Å². The molecular weight excluding hydrogens is 371 g/mol. The predicted molar refractivity (Wildman–Crippen MR) is 107 cm³/mol. The molecule has 0 bridgehead atoms. The van der Waals surface area contributed by atoms with Crippen LogP contribution in [-0.2, 0) is 4.74 Å². The molecule has 0 spiro atoms. The first-order valence-corrected chi connectivity index (χ1v) is 8.69. The molecule has 0 aliphatic carbocycles. The third-order valence-electron chi connectivity index (χ3n) is 4.00. The number of carbonyl (C=O) groups is 2. The normalized spacial score (nSPS) is 9.90. The van der Waals surface area contributed by atoms with Gasteiger partial charge >= 0.3 is 5.97 Å². The van der Waals surface area contributed by atoms with E-state index in [-0.39, 0.29) is 5.56 Å². The number of hydrogen-bond donors (Lipinski definition) is 1. The fraction of sp³-hybridized carbons (Fsp3) is 0.0870.